The van der Waals surface area contributed by atoms with E-state index in [-0.39, 0.29) is 12.0 Å². The van der Waals surface area contributed by atoms with E-state index in [1.807, 2.05) is 0 Å². The summed E-state index contributed by atoms with van der Waals surface area (Å²) >= 11 is 0. The monoisotopic (exact) mass is 220 g/mol. The predicted molar refractivity (Wildman–Crippen MR) is 58.2 cm³/mol. The second-order valence-electron chi connectivity index (χ2n) is 5.05. The number of rotatable bonds is 5. The third-order valence-corrected chi connectivity index (χ3v) is 3.28. The normalized spacial score (nSPS) is 23.4. The maximum atomic E-state index is 12.0. The van der Waals surface area contributed by atoms with E-state index in [1.54, 1.807) is 0 Å². The van der Waals surface area contributed by atoms with Gasteiger partial charge < -0.3 is 10.6 Å². The van der Waals surface area contributed by atoms with Gasteiger partial charge in [0.15, 0.2) is 0 Å². The van der Waals surface area contributed by atoms with Gasteiger partial charge in [-0.25, -0.2) is 8.78 Å². The minimum Gasteiger partial charge on any atom is -0.316 e. The van der Waals surface area contributed by atoms with Gasteiger partial charge in [0, 0.05) is 6.54 Å². The van der Waals surface area contributed by atoms with Crippen LogP contribution in [-0.4, -0.2) is 32.6 Å². The molecule has 0 spiro atoms. The minimum absolute atomic E-state index is 0.0995. The van der Waals surface area contributed by atoms with Gasteiger partial charge in [-0.3, -0.25) is 0 Å². The molecule has 0 amide bonds. The van der Waals surface area contributed by atoms with E-state index in [0.717, 1.165) is 13.1 Å². The van der Waals surface area contributed by atoms with E-state index in [9.17, 15) is 8.78 Å². The van der Waals surface area contributed by atoms with Gasteiger partial charge in [-0.2, -0.15) is 0 Å². The SMILES string of the molecule is CC(C)(CNCC(F)F)C1CCCNC1. The summed E-state index contributed by atoms with van der Waals surface area (Å²) in [6.07, 6.45) is 0.157. The third kappa shape index (κ3) is 4.43. The number of nitrogens with one attached hydrogen (secondary N) is 2. The van der Waals surface area contributed by atoms with Crippen molar-refractivity contribution in [2.24, 2.45) is 11.3 Å². The van der Waals surface area contributed by atoms with Gasteiger partial charge in [0.1, 0.15) is 0 Å². The van der Waals surface area contributed by atoms with Crippen molar-refractivity contribution in [2.75, 3.05) is 26.2 Å². The van der Waals surface area contributed by atoms with Crippen molar-refractivity contribution < 1.29 is 8.78 Å². The molecule has 0 aliphatic carbocycles. The lowest BCUT2D eigenvalue weighted by Gasteiger charge is -2.37. The highest BCUT2D eigenvalue weighted by Gasteiger charge is 2.30. The molecule has 2 nitrogen and oxygen atoms in total. The second-order valence-corrected chi connectivity index (χ2v) is 5.05. The molecular formula is C11H22F2N2. The van der Waals surface area contributed by atoms with Crippen LogP contribution >= 0.6 is 0 Å². The number of hydrogen-bond acceptors (Lipinski definition) is 2. The van der Waals surface area contributed by atoms with Crippen molar-refractivity contribution in [1.29, 1.82) is 0 Å². The zero-order chi connectivity index (χ0) is 11.3. The molecule has 1 unspecified atom stereocenters. The zero-order valence-corrected chi connectivity index (χ0v) is 9.65. The van der Waals surface area contributed by atoms with Crippen LogP contribution in [0.3, 0.4) is 0 Å². The van der Waals surface area contributed by atoms with Crippen LogP contribution in [-0.2, 0) is 0 Å². The lowest BCUT2D eigenvalue weighted by Crippen LogP contribution is -2.44. The molecule has 0 aromatic heterocycles. The summed E-state index contributed by atoms with van der Waals surface area (Å²) in [6, 6.07) is 0. The third-order valence-electron chi connectivity index (χ3n) is 3.28. The maximum Gasteiger partial charge on any atom is 0.250 e. The Balaban J connectivity index is 2.29. The van der Waals surface area contributed by atoms with E-state index in [4.69, 9.17) is 0 Å². The first-order chi connectivity index (χ1) is 7.02. The summed E-state index contributed by atoms with van der Waals surface area (Å²) in [6.45, 7) is 6.90. The lowest BCUT2D eigenvalue weighted by molar-refractivity contribution is 0.124. The van der Waals surface area contributed by atoms with Crippen molar-refractivity contribution >= 4 is 0 Å². The summed E-state index contributed by atoms with van der Waals surface area (Å²) in [7, 11) is 0. The van der Waals surface area contributed by atoms with Crippen molar-refractivity contribution in [3.05, 3.63) is 0 Å². The Kier molecular flexibility index (Phi) is 4.93. The standard InChI is InChI=1S/C11H22F2N2/c1-11(2,8-15-7-10(12)13)9-4-3-5-14-6-9/h9-10,14-15H,3-8H2,1-2H3. The van der Waals surface area contributed by atoms with Gasteiger partial charge in [0.25, 0.3) is 6.43 Å². The average Bonchev–Trinajstić information content (AvgIpc) is 2.18. The van der Waals surface area contributed by atoms with Crippen LogP contribution in [0, 0.1) is 11.3 Å². The highest BCUT2D eigenvalue weighted by Crippen LogP contribution is 2.30. The van der Waals surface area contributed by atoms with E-state index in [2.05, 4.69) is 24.5 Å². The Bertz CT molecular complexity index is 177. The number of hydrogen-bond donors (Lipinski definition) is 2. The Morgan fingerprint density at radius 3 is 2.73 bits per heavy atom. The Morgan fingerprint density at radius 2 is 2.20 bits per heavy atom. The van der Waals surface area contributed by atoms with E-state index in [0.29, 0.717) is 12.5 Å². The van der Waals surface area contributed by atoms with Gasteiger partial charge in [-0.1, -0.05) is 13.8 Å². The Labute approximate surface area is 90.8 Å². The molecule has 1 aliphatic rings. The molecule has 0 bridgehead atoms. The molecule has 0 saturated carbocycles. The van der Waals surface area contributed by atoms with Crippen molar-refractivity contribution in [3.8, 4) is 0 Å². The average molecular weight is 220 g/mol. The van der Waals surface area contributed by atoms with Crippen LogP contribution < -0.4 is 10.6 Å². The molecule has 4 heteroatoms. The number of halogens is 2. The molecule has 0 aromatic carbocycles. The van der Waals surface area contributed by atoms with Crippen LogP contribution in [0.2, 0.25) is 0 Å². The molecule has 2 N–H and O–H groups in total. The first-order valence-electron chi connectivity index (χ1n) is 5.72. The van der Waals surface area contributed by atoms with Crippen LogP contribution in [0.15, 0.2) is 0 Å². The first-order valence-corrected chi connectivity index (χ1v) is 5.72. The van der Waals surface area contributed by atoms with Gasteiger partial charge in [0.2, 0.25) is 0 Å². The summed E-state index contributed by atoms with van der Waals surface area (Å²) in [5.41, 5.74) is 0.0995. The van der Waals surface area contributed by atoms with Crippen LogP contribution in [0.5, 0.6) is 0 Å². The zero-order valence-electron chi connectivity index (χ0n) is 9.65. The molecular weight excluding hydrogens is 198 g/mol. The molecule has 90 valence electrons. The van der Waals surface area contributed by atoms with Crippen LogP contribution in [0.1, 0.15) is 26.7 Å². The fourth-order valence-corrected chi connectivity index (χ4v) is 2.17. The number of alkyl halides is 2. The van der Waals surface area contributed by atoms with Crippen molar-refractivity contribution in [2.45, 2.75) is 33.1 Å². The molecule has 0 aromatic rings. The fraction of sp³-hybridized carbons (Fsp3) is 1.00. The van der Waals surface area contributed by atoms with Crippen LogP contribution in [0.25, 0.3) is 0 Å². The summed E-state index contributed by atoms with van der Waals surface area (Å²) in [5, 5.41) is 6.21. The molecule has 1 heterocycles. The van der Waals surface area contributed by atoms with Gasteiger partial charge in [0.05, 0.1) is 6.54 Å². The summed E-state index contributed by atoms with van der Waals surface area (Å²) < 4.78 is 24.0. The van der Waals surface area contributed by atoms with Crippen molar-refractivity contribution in [1.82, 2.24) is 10.6 Å². The fourth-order valence-electron chi connectivity index (χ4n) is 2.17. The van der Waals surface area contributed by atoms with E-state index in [1.165, 1.54) is 12.8 Å². The smallest absolute Gasteiger partial charge is 0.250 e. The Morgan fingerprint density at radius 1 is 1.47 bits per heavy atom. The lowest BCUT2D eigenvalue weighted by atomic mass is 9.75. The van der Waals surface area contributed by atoms with Crippen molar-refractivity contribution in [3.63, 3.8) is 0 Å². The molecule has 1 aliphatic heterocycles. The molecule has 0 radical (unpaired) electrons. The molecule has 1 atom stereocenters. The minimum atomic E-state index is -2.25. The summed E-state index contributed by atoms with van der Waals surface area (Å²) in [5.74, 6) is 0.594. The van der Waals surface area contributed by atoms with E-state index < -0.39 is 6.43 Å². The highest BCUT2D eigenvalue weighted by atomic mass is 19.3. The van der Waals surface area contributed by atoms with Gasteiger partial charge >= 0.3 is 0 Å². The second kappa shape index (κ2) is 5.75. The van der Waals surface area contributed by atoms with Gasteiger partial charge in [-0.05, 0) is 37.3 Å². The topological polar surface area (TPSA) is 24.1 Å². The largest absolute Gasteiger partial charge is 0.316 e. The molecule has 1 rings (SSSR count). The highest BCUT2D eigenvalue weighted by molar-refractivity contribution is 4.84. The molecule has 1 saturated heterocycles. The summed E-state index contributed by atoms with van der Waals surface area (Å²) in [4.78, 5) is 0. The molecule has 15 heavy (non-hydrogen) atoms. The van der Waals surface area contributed by atoms with E-state index >= 15 is 0 Å². The maximum absolute atomic E-state index is 12.0. The Hall–Kier alpha value is -0.220. The quantitative estimate of drug-likeness (QED) is 0.739. The van der Waals surface area contributed by atoms with Crippen LogP contribution in [0.4, 0.5) is 8.78 Å². The first kappa shape index (κ1) is 12.8. The number of piperidine rings is 1. The predicted octanol–water partition coefficient (Wildman–Crippen LogP) is 1.87. The van der Waals surface area contributed by atoms with Gasteiger partial charge in [-0.15, -0.1) is 0 Å². The molecule has 1 fully saturated rings.